The number of halogens is 1. The molecular formula is C15H23IN2. The predicted octanol–water partition coefficient (Wildman–Crippen LogP) is 3.25. The Kier molecular flexibility index (Phi) is 5.45. The van der Waals surface area contributed by atoms with Gasteiger partial charge in [0.05, 0.1) is 0 Å². The van der Waals surface area contributed by atoms with Crippen LogP contribution in [0.4, 0.5) is 0 Å². The zero-order valence-electron chi connectivity index (χ0n) is 11.3. The normalized spacial score (nSPS) is 25.3. The zero-order chi connectivity index (χ0) is 13.0. The van der Waals surface area contributed by atoms with E-state index in [0.717, 1.165) is 13.1 Å². The van der Waals surface area contributed by atoms with Crippen molar-refractivity contribution in [2.45, 2.75) is 45.3 Å². The van der Waals surface area contributed by atoms with Crippen LogP contribution in [-0.2, 0) is 6.54 Å². The maximum Gasteiger partial charge on any atom is 0.0237 e. The molecule has 1 aliphatic rings. The minimum Gasteiger partial charge on any atom is -0.311 e. The van der Waals surface area contributed by atoms with Crippen molar-refractivity contribution in [1.82, 2.24) is 10.2 Å². The zero-order valence-corrected chi connectivity index (χ0v) is 13.5. The number of nitrogens with zero attached hydrogens (tertiary/aromatic N) is 1. The van der Waals surface area contributed by atoms with Crippen molar-refractivity contribution in [2.24, 2.45) is 0 Å². The van der Waals surface area contributed by atoms with Crippen LogP contribution in [0.15, 0.2) is 24.3 Å². The highest BCUT2D eigenvalue weighted by molar-refractivity contribution is 14.1. The predicted molar refractivity (Wildman–Crippen MR) is 85.7 cm³/mol. The third kappa shape index (κ3) is 3.93. The van der Waals surface area contributed by atoms with E-state index in [-0.39, 0.29) is 0 Å². The second-order valence-corrected chi connectivity index (χ2v) is 6.54. The van der Waals surface area contributed by atoms with Gasteiger partial charge in [-0.3, -0.25) is 4.90 Å². The van der Waals surface area contributed by atoms with E-state index in [1.807, 2.05) is 0 Å². The fourth-order valence-corrected chi connectivity index (χ4v) is 2.94. The summed E-state index contributed by atoms with van der Waals surface area (Å²) in [5.74, 6) is 0. The SMILES string of the molecule is CCCC1CN(Cc2ccc(I)cc2)C(C)CN1. The summed E-state index contributed by atoms with van der Waals surface area (Å²) in [6, 6.07) is 10.2. The highest BCUT2D eigenvalue weighted by Gasteiger charge is 2.24. The summed E-state index contributed by atoms with van der Waals surface area (Å²) >= 11 is 2.36. The van der Waals surface area contributed by atoms with Crippen LogP contribution in [-0.4, -0.2) is 30.1 Å². The third-order valence-corrected chi connectivity index (χ3v) is 4.44. The summed E-state index contributed by atoms with van der Waals surface area (Å²) < 4.78 is 1.31. The Labute approximate surface area is 124 Å². The molecule has 0 saturated carbocycles. The van der Waals surface area contributed by atoms with Crippen molar-refractivity contribution >= 4 is 22.6 Å². The van der Waals surface area contributed by atoms with E-state index in [1.54, 1.807) is 0 Å². The largest absolute Gasteiger partial charge is 0.311 e. The lowest BCUT2D eigenvalue weighted by Crippen LogP contribution is -2.54. The van der Waals surface area contributed by atoms with Crippen molar-refractivity contribution in [2.75, 3.05) is 13.1 Å². The second-order valence-electron chi connectivity index (χ2n) is 5.30. The molecule has 2 nitrogen and oxygen atoms in total. The van der Waals surface area contributed by atoms with Gasteiger partial charge in [0.15, 0.2) is 0 Å². The quantitative estimate of drug-likeness (QED) is 0.832. The monoisotopic (exact) mass is 358 g/mol. The topological polar surface area (TPSA) is 15.3 Å². The highest BCUT2D eigenvalue weighted by atomic mass is 127. The molecule has 100 valence electrons. The van der Waals surface area contributed by atoms with Crippen LogP contribution in [0.3, 0.4) is 0 Å². The summed E-state index contributed by atoms with van der Waals surface area (Å²) in [6.07, 6.45) is 2.55. The number of hydrogen-bond acceptors (Lipinski definition) is 2. The number of nitrogens with one attached hydrogen (secondary N) is 1. The van der Waals surface area contributed by atoms with E-state index >= 15 is 0 Å². The smallest absolute Gasteiger partial charge is 0.0237 e. The molecule has 1 N–H and O–H groups in total. The van der Waals surface area contributed by atoms with E-state index in [9.17, 15) is 0 Å². The standard InChI is InChI=1S/C15H23IN2/c1-3-4-15-11-18(12(2)9-17-15)10-13-5-7-14(16)8-6-13/h5-8,12,15,17H,3-4,9-11H2,1-2H3. The van der Waals surface area contributed by atoms with Crippen molar-refractivity contribution < 1.29 is 0 Å². The average molecular weight is 358 g/mol. The molecule has 0 bridgehead atoms. The summed E-state index contributed by atoms with van der Waals surface area (Å²) in [7, 11) is 0. The Hall–Kier alpha value is -0.130. The maximum atomic E-state index is 3.65. The van der Waals surface area contributed by atoms with Gasteiger partial charge in [0.1, 0.15) is 0 Å². The second kappa shape index (κ2) is 6.87. The van der Waals surface area contributed by atoms with Crippen LogP contribution in [0.5, 0.6) is 0 Å². The van der Waals surface area contributed by atoms with Crippen LogP contribution in [0.25, 0.3) is 0 Å². The first-order chi connectivity index (χ1) is 8.69. The minimum absolute atomic E-state index is 0.636. The van der Waals surface area contributed by atoms with Crippen molar-refractivity contribution in [3.63, 3.8) is 0 Å². The Morgan fingerprint density at radius 3 is 2.72 bits per heavy atom. The first kappa shape index (κ1) is 14.3. The average Bonchev–Trinajstić information content (AvgIpc) is 2.36. The molecule has 0 amide bonds. The molecule has 0 aliphatic carbocycles. The lowest BCUT2D eigenvalue weighted by molar-refractivity contribution is 0.129. The van der Waals surface area contributed by atoms with Crippen molar-refractivity contribution in [3.05, 3.63) is 33.4 Å². The fraction of sp³-hybridized carbons (Fsp3) is 0.600. The van der Waals surface area contributed by atoms with Crippen LogP contribution in [0.2, 0.25) is 0 Å². The first-order valence-corrected chi connectivity index (χ1v) is 7.98. The Bertz CT molecular complexity index is 363. The molecule has 1 aliphatic heterocycles. The molecule has 1 saturated heterocycles. The molecule has 3 heteroatoms. The van der Waals surface area contributed by atoms with E-state index in [0.29, 0.717) is 12.1 Å². The molecule has 18 heavy (non-hydrogen) atoms. The lowest BCUT2D eigenvalue weighted by Gasteiger charge is -2.39. The van der Waals surface area contributed by atoms with Gasteiger partial charge >= 0.3 is 0 Å². The Balaban J connectivity index is 1.95. The fourth-order valence-electron chi connectivity index (χ4n) is 2.58. The molecule has 2 atom stereocenters. The van der Waals surface area contributed by atoms with Crippen LogP contribution >= 0.6 is 22.6 Å². The van der Waals surface area contributed by atoms with E-state index in [1.165, 1.54) is 28.5 Å². The van der Waals surface area contributed by atoms with E-state index in [4.69, 9.17) is 0 Å². The van der Waals surface area contributed by atoms with E-state index in [2.05, 4.69) is 70.9 Å². The van der Waals surface area contributed by atoms with Gasteiger partial charge in [-0.2, -0.15) is 0 Å². The van der Waals surface area contributed by atoms with Gasteiger partial charge in [-0.15, -0.1) is 0 Å². The third-order valence-electron chi connectivity index (χ3n) is 3.72. The van der Waals surface area contributed by atoms with Gasteiger partial charge in [-0.1, -0.05) is 25.5 Å². The molecule has 1 aromatic rings. The molecular weight excluding hydrogens is 335 g/mol. The number of benzene rings is 1. The van der Waals surface area contributed by atoms with Crippen LogP contribution < -0.4 is 5.32 Å². The molecule has 1 aromatic carbocycles. The summed E-state index contributed by atoms with van der Waals surface area (Å²) in [6.45, 7) is 7.97. The molecule has 0 aromatic heterocycles. The first-order valence-electron chi connectivity index (χ1n) is 6.91. The molecule has 1 heterocycles. The minimum atomic E-state index is 0.636. The molecule has 0 radical (unpaired) electrons. The van der Waals surface area contributed by atoms with Crippen LogP contribution in [0, 0.1) is 3.57 Å². The van der Waals surface area contributed by atoms with Crippen molar-refractivity contribution in [3.8, 4) is 0 Å². The van der Waals surface area contributed by atoms with Crippen molar-refractivity contribution in [1.29, 1.82) is 0 Å². The van der Waals surface area contributed by atoms with Gasteiger partial charge in [0.25, 0.3) is 0 Å². The van der Waals surface area contributed by atoms with E-state index < -0.39 is 0 Å². The Morgan fingerprint density at radius 2 is 2.06 bits per heavy atom. The number of hydrogen-bond donors (Lipinski definition) is 1. The summed E-state index contributed by atoms with van der Waals surface area (Å²) in [5.41, 5.74) is 1.43. The Morgan fingerprint density at radius 1 is 1.33 bits per heavy atom. The van der Waals surface area contributed by atoms with Gasteiger partial charge in [0, 0.05) is 35.3 Å². The summed E-state index contributed by atoms with van der Waals surface area (Å²) in [4.78, 5) is 2.61. The molecule has 0 spiro atoms. The van der Waals surface area contributed by atoms with Crippen LogP contribution in [0.1, 0.15) is 32.3 Å². The van der Waals surface area contributed by atoms with Gasteiger partial charge in [-0.05, 0) is 53.6 Å². The summed E-state index contributed by atoms with van der Waals surface area (Å²) in [5, 5.41) is 3.65. The highest BCUT2D eigenvalue weighted by Crippen LogP contribution is 2.15. The molecule has 1 fully saturated rings. The van der Waals surface area contributed by atoms with Gasteiger partial charge < -0.3 is 5.32 Å². The number of rotatable bonds is 4. The maximum absolute atomic E-state index is 3.65. The van der Waals surface area contributed by atoms with Gasteiger partial charge in [0.2, 0.25) is 0 Å². The number of piperazine rings is 1. The lowest BCUT2D eigenvalue weighted by atomic mass is 10.0. The molecule has 2 unspecified atom stereocenters. The van der Waals surface area contributed by atoms with Gasteiger partial charge in [-0.25, -0.2) is 0 Å². The molecule has 2 rings (SSSR count).